The van der Waals surface area contributed by atoms with Crippen LogP contribution in [0, 0.1) is 0 Å². The highest BCUT2D eigenvalue weighted by atomic mass is 32.2. The zero-order valence-electron chi connectivity index (χ0n) is 13.5. The first-order valence-electron chi connectivity index (χ1n) is 8.37. The average Bonchev–Trinajstić information content (AvgIpc) is 2.93. The van der Waals surface area contributed by atoms with Crippen LogP contribution in [0.2, 0.25) is 0 Å². The van der Waals surface area contributed by atoms with E-state index < -0.39 is 0 Å². The van der Waals surface area contributed by atoms with Gasteiger partial charge in [0.2, 0.25) is 5.88 Å². The molecule has 3 heterocycles. The van der Waals surface area contributed by atoms with Crippen molar-refractivity contribution < 1.29 is 9.53 Å². The Hall–Kier alpha value is -1.27. The standard InChI is InChI=1S/C17H23N3O2S/c1-22-15-6-5-12(8-18-15)16(21)20-10-17(11-20)7-14(9-23-17)19-13-3-2-4-13/h5-6,8,13-14,19H,2-4,7,9-11H2,1H3. The summed E-state index contributed by atoms with van der Waals surface area (Å²) in [6, 6.07) is 4.91. The van der Waals surface area contributed by atoms with Crippen LogP contribution in [0.25, 0.3) is 0 Å². The van der Waals surface area contributed by atoms with Crippen molar-refractivity contribution in [2.45, 2.75) is 42.5 Å². The van der Waals surface area contributed by atoms with E-state index in [1.165, 1.54) is 31.4 Å². The maximum Gasteiger partial charge on any atom is 0.255 e. The number of ether oxygens (including phenoxy) is 1. The van der Waals surface area contributed by atoms with Crippen LogP contribution >= 0.6 is 11.8 Å². The molecule has 3 aliphatic rings. The molecule has 6 heteroatoms. The van der Waals surface area contributed by atoms with E-state index in [4.69, 9.17) is 4.74 Å². The van der Waals surface area contributed by atoms with Gasteiger partial charge in [0.15, 0.2) is 0 Å². The fraction of sp³-hybridized carbons (Fsp3) is 0.647. The normalized spacial score (nSPS) is 26.0. The predicted octanol–water partition coefficient (Wildman–Crippen LogP) is 1.93. The molecule has 1 aromatic rings. The number of hydrogen-bond donors (Lipinski definition) is 1. The van der Waals surface area contributed by atoms with Crippen molar-refractivity contribution in [1.82, 2.24) is 15.2 Å². The number of aromatic nitrogens is 1. The van der Waals surface area contributed by atoms with Crippen molar-refractivity contribution in [2.24, 2.45) is 0 Å². The number of carbonyl (C=O) groups excluding carboxylic acids is 1. The van der Waals surface area contributed by atoms with Gasteiger partial charge in [0, 0.05) is 43.2 Å². The second-order valence-electron chi connectivity index (χ2n) is 6.94. The van der Waals surface area contributed by atoms with Gasteiger partial charge in [0.1, 0.15) is 0 Å². The van der Waals surface area contributed by atoms with E-state index in [9.17, 15) is 4.79 Å². The minimum absolute atomic E-state index is 0.0850. The van der Waals surface area contributed by atoms with Crippen molar-refractivity contribution in [1.29, 1.82) is 0 Å². The minimum atomic E-state index is 0.0850. The number of thioether (sulfide) groups is 1. The summed E-state index contributed by atoms with van der Waals surface area (Å²) >= 11 is 2.05. The van der Waals surface area contributed by atoms with E-state index in [2.05, 4.69) is 10.3 Å². The molecule has 3 fully saturated rings. The van der Waals surface area contributed by atoms with Crippen LogP contribution in [0.5, 0.6) is 5.88 Å². The van der Waals surface area contributed by atoms with Gasteiger partial charge < -0.3 is 15.0 Å². The SMILES string of the molecule is COc1ccc(C(=O)N2CC3(CC(NC4CCC4)CS3)C2)cn1. The smallest absolute Gasteiger partial charge is 0.255 e. The molecule has 1 aliphatic carbocycles. The Labute approximate surface area is 141 Å². The van der Waals surface area contributed by atoms with Crippen LogP contribution in [-0.4, -0.2) is 58.6 Å². The molecule has 1 amide bonds. The molecule has 1 unspecified atom stereocenters. The highest BCUT2D eigenvalue weighted by Gasteiger charge is 2.50. The molecule has 2 aliphatic heterocycles. The molecule has 23 heavy (non-hydrogen) atoms. The second kappa shape index (κ2) is 5.98. The predicted molar refractivity (Wildman–Crippen MR) is 91.1 cm³/mol. The molecule has 124 valence electrons. The van der Waals surface area contributed by atoms with Crippen LogP contribution in [0.1, 0.15) is 36.0 Å². The maximum absolute atomic E-state index is 12.5. The van der Waals surface area contributed by atoms with Gasteiger partial charge in [-0.1, -0.05) is 6.42 Å². The van der Waals surface area contributed by atoms with E-state index in [-0.39, 0.29) is 10.7 Å². The fourth-order valence-electron chi connectivity index (χ4n) is 3.68. The Balaban J connectivity index is 1.31. The van der Waals surface area contributed by atoms with Crippen LogP contribution in [0.4, 0.5) is 0 Å². The third kappa shape index (κ3) is 2.94. The van der Waals surface area contributed by atoms with Crippen molar-refractivity contribution in [3.05, 3.63) is 23.9 Å². The number of amides is 1. The van der Waals surface area contributed by atoms with E-state index in [0.717, 1.165) is 19.1 Å². The molecule has 4 rings (SSSR count). The highest BCUT2D eigenvalue weighted by molar-refractivity contribution is 8.01. The minimum Gasteiger partial charge on any atom is -0.481 e. The van der Waals surface area contributed by atoms with Gasteiger partial charge in [0.05, 0.1) is 17.4 Å². The van der Waals surface area contributed by atoms with Crippen molar-refractivity contribution in [2.75, 3.05) is 26.0 Å². The van der Waals surface area contributed by atoms with Gasteiger partial charge in [-0.25, -0.2) is 4.98 Å². The van der Waals surface area contributed by atoms with Gasteiger partial charge in [0.25, 0.3) is 5.91 Å². The molecule has 0 aromatic carbocycles. The molecule has 2 saturated heterocycles. The van der Waals surface area contributed by atoms with E-state index in [1.807, 2.05) is 16.7 Å². The Morgan fingerprint density at radius 3 is 2.83 bits per heavy atom. The topological polar surface area (TPSA) is 54.5 Å². The van der Waals surface area contributed by atoms with Crippen LogP contribution < -0.4 is 10.1 Å². The summed E-state index contributed by atoms with van der Waals surface area (Å²) in [5, 5.41) is 3.78. The summed E-state index contributed by atoms with van der Waals surface area (Å²) in [6.45, 7) is 1.73. The van der Waals surface area contributed by atoms with Crippen LogP contribution in [-0.2, 0) is 0 Å². The van der Waals surface area contributed by atoms with Gasteiger partial charge in [-0.2, -0.15) is 0 Å². The number of pyridine rings is 1. The summed E-state index contributed by atoms with van der Waals surface area (Å²) in [5.41, 5.74) is 0.646. The van der Waals surface area contributed by atoms with E-state index >= 15 is 0 Å². The number of nitrogens with one attached hydrogen (secondary N) is 1. The maximum atomic E-state index is 12.5. The molecule has 0 radical (unpaired) electrons. The summed E-state index contributed by atoms with van der Waals surface area (Å²) in [5.74, 6) is 1.81. The van der Waals surface area contributed by atoms with Crippen molar-refractivity contribution in [3.63, 3.8) is 0 Å². The monoisotopic (exact) mass is 333 g/mol. The number of nitrogens with zero attached hydrogens (tertiary/aromatic N) is 2. The fourth-order valence-corrected chi connectivity index (χ4v) is 5.27. The lowest BCUT2D eigenvalue weighted by atomic mass is 9.88. The third-order valence-corrected chi connectivity index (χ3v) is 6.83. The van der Waals surface area contributed by atoms with Gasteiger partial charge >= 0.3 is 0 Å². The molecular formula is C17H23N3O2S. The molecule has 1 saturated carbocycles. The van der Waals surface area contributed by atoms with E-state index in [1.54, 1.807) is 25.4 Å². The summed E-state index contributed by atoms with van der Waals surface area (Å²) in [7, 11) is 1.58. The average molecular weight is 333 g/mol. The zero-order valence-corrected chi connectivity index (χ0v) is 14.3. The molecular weight excluding hydrogens is 310 g/mol. The Morgan fingerprint density at radius 2 is 2.22 bits per heavy atom. The highest BCUT2D eigenvalue weighted by Crippen LogP contribution is 2.45. The molecule has 0 bridgehead atoms. The van der Waals surface area contributed by atoms with Gasteiger partial charge in [-0.3, -0.25) is 4.79 Å². The Bertz CT molecular complexity index is 582. The number of hydrogen-bond acceptors (Lipinski definition) is 5. The third-order valence-electron chi connectivity index (χ3n) is 5.22. The first-order valence-corrected chi connectivity index (χ1v) is 9.35. The first-order chi connectivity index (χ1) is 11.2. The van der Waals surface area contributed by atoms with Crippen LogP contribution in [0.15, 0.2) is 18.3 Å². The quantitative estimate of drug-likeness (QED) is 0.912. The number of carbonyl (C=O) groups is 1. The Morgan fingerprint density at radius 1 is 1.39 bits per heavy atom. The Kier molecular flexibility index (Phi) is 3.97. The van der Waals surface area contributed by atoms with Gasteiger partial charge in [-0.15, -0.1) is 11.8 Å². The first kappa shape index (κ1) is 15.3. The summed E-state index contributed by atoms with van der Waals surface area (Å²) < 4.78 is 5.33. The summed E-state index contributed by atoms with van der Waals surface area (Å²) in [4.78, 5) is 18.6. The lowest BCUT2D eigenvalue weighted by Gasteiger charge is -2.47. The molecule has 1 N–H and O–H groups in total. The lowest BCUT2D eigenvalue weighted by Crippen LogP contribution is -2.61. The molecule has 5 nitrogen and oxygen atoms in total. The number of likely N-dealkylation sites (tertiary alicyclic amines) is 1. The van der Waals surface area contributed by atoms with Crippen molar-refractivity contribution in [3.8, 4) is 5.88 Å². The second-order valence-corrected chi connectivity index (χ2v) is 8.43. The summed E-state index contributed by atoms with van der Waals surface area (Å²) in [6.07, 6.45) is 6.85. The molecule has 1 spiro atoms. The zero-order chi connectivity index (χ0) is 15.9. The molecule has 1 atom stereocenters. The lowest BCUT2D eigenvalue weighted by molar-refractivity contribution is 0.0549. The molecule has 1 aromatic heterocycles. The largest absolute Gasteiger partial charge is 0.481 e. The van der Waals surface area contributed by atoms with E-state index in [0.29, 0.717) is 17.5 Å². The number of methoxy groups -OCH3 is 1. The van der Waals surface area contributed by atoms with Gasteiger partial charge in [-0.05, 0) is 25.3 Å². The van der Waals surface area contributed by atoms with Crippen LogP contribution in [0.3, 0.4) is 0 Å². The van der Waals surface area contributed by atoms with Crippen molar-refractivity contribution >= 4 is 17.7 Å². The number of rotatable bonds is 4.